The summed E-state index contributed by atoms with van der Waals surface area (Å²) in [5, 5.41) is 0. The molecule has 0 aliphatic heterocycles. The third kappa shape index (κ3) is 7.15. The molecule has 0 radical (unpaired) electrons. The average Bonchev–Trinajstić information content (AvgIpc) is 1.87. The van der Waals surface area contributed by atoms with Gasteiger partial charge < -0.3 is 0 Å². The molecule has 0 bridgehead atoms. The summed E-state index contributed by atoms with van der Waals surface area (Å²) in [7, 11) is 0. The molecule has 1 nitrogen and oxygen atoms in total. The molecule has 10 heavy (non-hydrogen) atoms. The monoisotopic (exact) mass is 138 g/mol. The third-order valence-electron chi connectivity index (χ3n) is 1.03. The number of allylic oxidation sites excluding steroid dienone is 4. The normalized spacial score (nSPS) is 11.4. The van der Waals surface area contributed by atoms with Crippen molar-refractivity contribution in [2.24, 2.45) is 0 Å². The predicted molar refractivity (Wildman–Crippen MR) is 43.9 cm³/mol. The molecule has 0 saturated heterocycles. The minimum Gasteiger partial charge on any atom is -0.295 e. The van der Waals surface area contributed by atoms with E-state index < -0.39 is 0 Å². The predicted octanol–water partition coefficient (Wildman–Crippen LogP) is 2.49. The van der Waals surface area contributed by atoms with Crippen molar-refractivity contribution in [2.75, 3.05) is 0 Å². The van der Waals surface area contributed by atoms with Crippen LogP contribution in [0.3, 0.4) is 0 Å². The lowest BCUT2D eigenvalue weighted by Gasteiger charge is -1.80. The van der Waals surface area contributed by atoms with Crippen molar-refractivity contribution in [1.29, 1.82) is 0 Å². The van der Waals surface area contributed by atoms with Crippen molar-refractivity contribution in [1.82, 2.24) is 0 Å². The summed E-state index contributed by atoms with van der Waals surface area (Å²) in [5.41, 5.74) is 0. The van der Waals surface area contributed by atoms with Crippen LogP contribution >= 0.6 is 0 Å². The molecule has 0 fully saturated rings. The number of carbonyl (C=O) groups is 1. The van der Waals surface area contributed by atoms with Crippen molar-refractivity contribution in [3.63, 3.8) is 0 Å². The summed E-state index contributed by atoms with van der Waals surface area (Å²) >= 11 is 0. The Bertz CT molecular complexity index is 143. The van der Waals surface area contributed by atoms with E-state index in [-0.39, 0.29) is 5.78 Å². The van der Waals surface area contributed by atoms with E-state index in [1.807, 2.05) is 6.08 Å². The molecule has 0 N–H and O–H groups in total. The van der Waals surface area contributed by atoms with Crippen LogP contribution in [0.5, 0.6) is 0 Å². The van der Waals surface area contributed by atoms with Gasteiger partial charge in [-0.3, -0.25) is 4.79 Å². The average molecular weight is 138 g/mol. The van der Waals surface area contributed by atoms with Crippen molar-refractivity contribution >= 4 is 5.78 Å². The van der Waals surface area contributed by atoms with E-state index >= 15 is 0 Å². The number of hydrogen-bond acceptors (Lipinski definition) is 1. The number of carbonyl (C=O) groups excluding carboxylic acids is 1. The third-order valence-corrected chi connectivity index (χ3v) is 1.03. The van der Waals surface area contributed by atoms with Gasteiger partial charge in [0, 0.05) is 0 Å². The summed E-state index contributed by atoms with van der Waals surface area (Å²) < 4.78 is 0. The largest absolute Gasteiger partial charge is 0.295 e. The molecule has 0 aromatic heterocycles. The van der Waals surface area contributed by atoms with E-state index in [4.69, 9.17) is 0 Å². The van der Waals surface area contributed by atoms with Crippen LogP contribution in [-0.4, -0.2) is 5.78 Å². The van der Waals surface area contributed by atoms with Crippen LogP contribution in [0.25, 0.3) is 0 Å². The molecule has 0 saturated carbocycles. The van der Waals surface area contributed by atoms with E-state index in [9.17, 15) is 4.79 Å². The molecule has 0 amide bonds. The van der Waals surface area contributed by atoms with Gasteiger partial charge in [-0.2, -0.15) is 0 Å². The molecule has 0 unspecified atom stereocenters. The molecule has 0 aliphatic carbocycles. The zero-order valence-electron chi connectivity index (χ0n) is 6.63. The second kappa shape index (κ2) is 6.27. The van der Waals surface area contributed by atoms with Gasteiger partial charge in [0.05, 0.1) is 0 Å². The van der Waals surface area contributed by atoms with Crippen LogP contribution in [-0.2, 0) is 4.79 Å². The summed E-state index contributed by atoms with van der Waals surface area (Å²) in [6.07, 6.45) is 9.54. The first-order valence-electron chi connectivity index (χ1n) is 3.59. The summed E-state index contributed by atoms with van der Waals surface area (Å²) in [4.78, 5) is 10.4. The quantitative estimate of drug-likeness (QED) is 0.431. The van der Waals surface area contributed by atoms with Crippen LogP contribution < -0.4 is 0 Å². The van der Waals surface area contributed by atoms with Crippen molar-refractivity contribution in [2.45, 2.75) is 26.7 Å². The number of ketones is 1. The molecule has 1 heteroatoms. The lowest BCUT2D eigenvalue weighted by molar-refractivity contribution is -0.112. The van der Waals surface area contributed by atoms with E-state index in [1.54, 1.807) is 13.0 Å². The highest BCUT2D eigenvalue weighted by Gasteiger charge is 1.77. The highest BCUT2D eigenvalue weighted by molar-refractivity contribution is 5.87. The van der Waals surface area contributed by atoms with Crippen LogP contribution in [0.1, 0.15) is 26.7 Å². The van der Waals surface area contributed by atoms with Crippen LogP contribution in [0.2, 0.25) is 0 Å². The zero-order chi connectivity index (χ0) is 7.82. The summed E-state index contributed by atoms with van der Waals surface area (Å²) in [6.45, 7) is 3.64. The smallest absolute Gasteiger partial charge is 0.152 e. The Morgan fingerprint density at radius 1 is 1.30 bits per heavy atom. The molecule has 0 heterocycles. The first kappa shape index (κ1) is 9.15. The van der Waals surface area contributed by atoms with E-state index in [1.165, 1.54) is 0 Å². The van der Waals surface area contributed by atoms with Crippen LogP contribution in [0.15, 0.2) is 24.3 Å². The van der Waals surface area contributed by atoms with Gasteiger partial charge in [0.2, 0.25) is 0 Å². The van der Waals surface area contributed by atoms with Gasteiger partial charge in [-0.25, -0.2) is 0 Å². The Morgan fingerprint density at radius 3 is 2.50 bits per heavy atom. The van der Waals surface area contributed by atoms with Gasteiger partial charge in [-0.1, -0.05) is 25.2 Å². The van der Waals surface area contributed by atoms with Gasteiger partial charge in [0.25, 0.3) is 0 Å². The molecule has 0 rings (SSSR count). The standard InChI is InChI=1S/C9H14O/c1-3-4-5-6-7-8-9(2)10/h4-5,7-8H,3,6H2,1-2H3/b5-4-,8-7-. The fourth-order valence-electron chi connectivity index (χ4n) is 0.575. The number of rotatable bonds is 4. The van der Waals surface area contributed by atoms with Gasteiger partial charge >= 0.3 is 0 Å². The van der Waals surface area contributed by atoms with Crippen molar-refractivity contribution in [3.05, 3.63) is 24.3 Å². The van der Waals surface area contributed by atoms with E-state index in [2.05, 4.69) is 19.1 Å². The van der Waals surface area contributed by atoms with Crippen LogP contribution in [0, 0.1) is 0 Å². The van der Waals surface area contributed by atoms with Crippen LogP contribution in [0.4, 0.5) is 0 Å². The Kier molecular flexibility index (Phi) is 5.74. The van der Waals surface area contributed by atoms with Gasteiger partial charge in [-0.05, 0) is 25.8 Å². The highest BCUT2D eigenvalue weighted by atomic mass is 16.1. The first-order valence-corrected chi connectivity index (χ1v) is 3.59. The van der Waals surface area contributed by atoms with Crippen molar-refractivity contribution in [3.8, 4) is 0 Å². The Hall–Kier alpha value is -0.850. The van der Waals surface area contributed by atoms with Gasteiger partial charge in [-0.15, -0.1) is 0 Å². The molecule has 0 aromatic rings. The molecular weight excluding hydrogens is 124 g/mol. The maximum atomic E-state index is 10.4. The molecule has 56 valence electrons. The zero-order valence-corrected chi connectivity index (χ0v) is 6.63. The molecular formula is C9H14O. The Balaban J connectivity index is 3.35. The minimum atomic E-state index is 0.116. The molecule has 0 aliphatic rings. The van der Waals surface area contributed by atoms with E-state index in [0.717, 1.165) is 12.8 Å². The van der Waals surface area contributed by atoms with Gasteiger partial charge in [0.15, 0.2) is 5.78 Å². The maximum absolute atomic E-state index is 10.4. The lowest BCUT2D eigenvalue weighted by atomic mass is 10.3. The van der Waals surface area contributed by atoms with Crippen molar-refractivity contribution < 1.29 is 4.79 Å². The molecule has 0 aromatic carbocycles. The lowest BCUT2D eigenvalue weighted by Crippen LogP contribution is -1.78. The van der Waals surface area contributed by atoms with E-state index in [0.29, 0.717) is 0 Å². The molecule has 0 atom stereocenters. The second-order valence-electron chi connectivity index (χ2n) is 2.13. The number of hydrogen-bond donors (Lipinski definition) is 0. The Morgan fingerprint density at radius 2 is 2.00 bits per heavy atom. The summed E-state index contributed by atoms with van der Waals surface area (Å²) in [5.74, 6) is 0.116. The first-order chi connectivity index (χ1) is 4.77. The highest BCUT2D eigenvalue weighted by Crippen LogP contribution is 1.88. The Labute approximate surface area is 62.4 Å². The SMILES string of the molecule is CC/C=C\C/C=C\C(C)=O. The topological polar surface area (TPSA) is 17.1 Å². The fourth-order valence-corrected chi connectivity index (χ4v) is 0.575. The second-order valence-corrected chi connectivity index (χ2v) is 2.13. The fraction of sp³-hybridized carbons (Fsp3) is 0.444. The summed E-state index contributed by atoms with van der Waals surface area (Å²) in [6, 6.07) is 0. The molecule has 0 spiro atoms. The van der Waals surface area contributed by atoms with Gasteiger partial charge in [0.1, 0.15) is 0 Å². The minimum absolute atomic E-state index is 0.116. The maximum Gasteiger partial charge on any atom is 0.152 e.